The molecule has 0 saturated carbocycles. The van der Waals surface area contributed by atoms with E-state index in [0.29, 0.717) is 19.6 Å². The Kier molecular flexibility index (Phi) is 6.25. The monoisotopic (exact) mass is 339 g/mol. The molecule has 1 aromatic rings. The first-order valence-corrected chi connectivity index (χ1v) is 10.1. The van der Waals surface area contributed by atoms with Crippen LogP contribution < -0.4 is 10.0 Å². The van der Waals surface area contributed by atoms with Crippen LogP contribution in [0.4, 0.5) is 0 Å². The lowest BCUT2D eigenvalue weighted by molar-refractivity contribution is -0.137. The van der Waals surface area contributed by atoms with E-state index in [9.17, 15) is 14.5 Å². The summed E-state index contributed by atoms with van der Waals surface area (Å²) in [5.74, 6) is -0.130. The predicted octanol–water partition coefficient (Wildman–Crippen LogP) is 3.34. The number of nitrogens with zero attached hydrogens (tertiary/aromatic N) is 1. The molecule has 2 unspecified atom stereocenters. The van der Waals surface area contributed by atoms with Crippen molar-refractivity contribution >= 4 is 18.6 Å². The molecular formula is C17H26NO4P. The summed E-state index contributed by atoms with van der Waals surface area (Å²) in [6.45, 7) is 5.92. The Bertz CT molecular complexity index is 572. The van der Waals surface area contributed by atoms with Crippen molar-refractivity contribution in [1.82, 2.24) is 4.67 Å². The Morgan fingerprint density at radius 1 is 1.30 bits per heavy atom. The molecular weight excluding hydrogens is 313 g/mol. The summed E-state index contributed by atoms with van der Waals surface area (Å²) in [5.41, 5.74) is -0.319. The molecule has 1 saturated heterocycles. The SMILES string of the molecule is CCOc1ccc(P2(=O)C(CC(=O)O)CCCCN2CC)cc1. The van der Waals surface area contributed by atoms with E-state index in [2.05, 4.69) is 0 Å². The zero-order valence-electron chi connectivity index (χ0n) is 13.9. The van der Waals surface area contributed by atoms with Gasteiger partial charge in [-0.25, -0.2) is 4.67 Å². The van der Waals surface area contributed by atoms with Crippen LogP contribution in [0.2, 0.25) is 0 Å². The summed E-state index contributed by atoms with van der Waals surface area (Å²) in [6, 6.07) is 7.34. The number of ether oxygens (including phenoxy) is 1. The highest BCUT2D eigenvalue weighted by atomic mass is 31.2. The number of aliphatic carboxylic acids is 1. The van der Waals surface area contributed by atoms with Crippen molar-refractivity contribution in [3.63, 3.8) is 0 Å². The molecule has 0 amide bonds. The fraction of sp³-hybridized carbons (Fsp3) is 0.588. The maximum Gasteiger partial charge on any atom is 0.304 e. The molecule has 0 spiro atoms. The van der Waals surface area contributed by atoms with Crippen molar-refractivity contribution in [2.75, 3.05) is 19.7 Å². The van der Waals surface area contributed by atoms with Crippen LogP contribution in [0.5, 0.6) is 5.75 Å². The lowest BCUT2D eigenvalue weighted by Gasteiger charge is -2.34. The Balaban J connectivity index is 2.42. The lowest BCUT2D eigenvalue weighted by Crippen LogP contribution is -2.32. The molecule has 0 radical (unpaired) electrons. The first kappa shape index (κ1) is 18.0. The Hall–Kier alpha value is -1.32. The number of benzene rings is 1. The standard InChI is InChI=1S/C17H26NO4P/c1-3-18-12-6-5-7-16(13-17(19)20)23(18,21)15-10-8-14(9-11-15)22-4-2/h8-11,16H,3-7,12-13H2,1-2H3,(H,19,20). The second-order valence-electron chi connectivity index (χ2n) is 5.84. The molecule has 1 heterocycles. The zero-order chi connectivity index (χ0) is 16.9. The van der Waals surface area contributed by atoms with Crippen molar-refractivity contribution in [1.29, 1.82) is 0 Å². The molecule has 0 aliphatic carbocycles. The maximum atomic E-state index is 14.0. The highest BCUT2D eigenvalue weighted by Crippen LogP contribution is 2.57. The molecule has 2 rings (SSSR count). The summed E-state index contributed by atoms with van der Waals surface area (Å²) in [4.78, 5) is 11.3. The fourth-order valence-corrected chi connectivity index (χ4v) is 6.90. The van der Waals surface area contributed by atoms with Gasteiger partial charge in [-0.1, -0.05) is 13.3 Å². The van der Waals surface area contributed by atoms with E-state index < -0.39 is 13.3 Å². The van der Waals surface area contributed by atoms with Crippen molar-refractivity contribution in [2.45, 2.75) is 45.2 Å². The number of rotatable bonds is 6. The highest BCUT2D eigenvalue weighted by molar-refractivity contribution is 7.70. The van der Waals surface area contributed by atoms with Gasteiger partial charge in [0.15, 0.2) is 7.29 Å². The van der Waals surface area contributed by atoms with Gasteiger partial charge in [0.25, 0.3) is 0 Å². The molecule has 23 heavy (non-hydrogen) atoms. The van der Waals surface area contributed by atoms with Crippen LogP contribution in [0.1, 0.15) is 39.5 Å². The third-order valence-electron chi connectivity index (χ3n) is 4.41. The maximum absolute atomic E-state index is 14.0. The minimum Gasteiger partial charge on any atom is -0.494 e. The number of hydrogen-bond acceptors (Lipinski definition) is 3. The van der Waals surface area contributed by atoms with Crippen LogP contribution in [0.15, 0.2) is 24.3 Å². The second-order valence-corrected chi connectivity index (χ2v) is 8.90. The Morgan fingerprint density at radius 2 is 2.00 bits per heavy atom. The van der Waals surface area contributed by atoms with Gasteiger partial charge in [0, 0.05) is 24.1 Å². The van der Waals surface area contributed by atoms with Crippen molar-refractivity contribution < 1.29 is 19.2 Å². The molecule has 1 aromatic carbocycles. The second kappa shape index (κ2) is 7.98. The van der Waals surface area contributed by atoms with Crippen molar-refractivity contribution in [2.24, 2.45) is 0 Å². The van der Waals surface area contributed by atoms with Gasteiger partial charge < -0.3 is 14.4 Å². The normalized spacial score (nSPS) is 25.7. The minimum absolute atomic E-state index is 0.0407. The minimum atomic E-state index is -2.93. The summed E-state index contributed by atoms with van der Waals surface area (Å²) >= 11 is 0. The van der Waals surface area contributed by atoms with Gasteiger partial charge in [-0.2, -0.15) is 0 Å². The van der Waals surface area contributed by atoms with Crippen LogP contribution in [0.3, 0.4) is 0 Å². The lowest BCUT2D eigenvalue weighted by atomic mass is 10.1. The largest absolute Gasteiger partial charge is 0.494 e. The molecule has 1 fully saturated rings. The quantitative estimate of drug-likeness (QED) is 0.805. The molecule has 0 aromatic heterocycles. The summed E-state index contributed by atoms with van der Waals surface area (Å²) in [6.07, 6.45) is 2.55. The van der Waals surface area contributed by atoms with Gasteiger partial charge in [-0.05, 0) is 44.0 Å². The topological polar surface area (TPSA) is 66.8 Å². The molecule has 5 nitrogen and oxygen atoms in total. The van der Waals surface area contributed by atoms with Gasteiger partial charge >= 0.3 is 5.97 Å². The number of carboxylic acids is 1. The predicted molar refractivity (Wildman–Crippen MR) is 92.0 cm³/mol. The first-order valence-electron chi connectivity index (χ1n) is 8.32. The molecule has 1 aliphatic heterocycles. The van der Waals surface area contributed by atoms with Gasteiger partial charge in [0.1, 0.15) is 5.75 Å². The third kappa shape index (κ3) is 3.96. The van der Waals surface area contributed by atoms with E-state index in [-0.39, 0.29) is 12.1 Å². The average Bonchev–Trinajstić information content (AvgIpc) is 2.68. The van der Waals surface area contributed by atoms with Crippen molar-refractivity contribution in [3.05, 3.63) is 24.3 Å². The van der Waals surface area contributed by atoms with E-state index in [0.717, 1.165) is 30.4 Å². The zero-order valence-corrected chi connectivity index (χ0v) is 14.8. The van der Waals surface area contributed by atoms with Crippen LogP contribution in [-0.2, 0) is 9.36 Å². The molecule has 1 N–H and O–H groups in total. The number of hydrogen-bond donors (Lipinski definition) is 1. The summed E-state index contributed by atoms with van der Waals surface area (Å²) in [7, 11) is -2.93. The molecule has 1 aliphatic rings. The van der Waals surface area contributed by atoms with Gasteiger partial charge in [0.2, 0.25) is 0 Å². The van der Waals surface area contributed by atoms with Gasteiger partial charge in [-0.3, -0.25) is 4.79 Å². The fourth-order valence-electron chi connectivity index (χ4n) is 3.32. The van der Waals surface area contributed by atoms with E-state index in [4.69, 9.17) is 4.74 Å². The summed E-state index contributed by atoms with van der Waals surface area (Å²) in [5, 5.41) is 10.00. The smallest absolute Gasteiger partial charge is 0.304 e. The molecule has 128 valence electrons. The van der Waals surface area contributed by atoms with E-state index in [1.165, 1.54) is 0 Å². The van der Waals surface area contributed by atoms with E-state index >= 15 is 0 Å². The van der Waals surface area contributed by atoms with Crippen LogP contribution in [0, 0.1) is 0 Å². The Labute approximate surface area is 138 Å². The molecule has 6 heteroatoms. The third-order valence-corrected chi connectivity index (χ3v) is 8.20. The molecule has 2 atom stereocenters. The average molecular weight is 339 g/mol. The number of carboxylic acid groups (broad SMARTS) is 1. The number of carbonyl (C=O) groups is 1. The van der Waals surface area contributed by atoms with Crippen LogP contribution in [-0.4, -0.2) is 41.1 Å². The Morgan fingerprint density at radius 3 is 2.57 bits per heavy atom. The molecule has 0 bridgehead atoms. The van der Waals surface area contributed by atoms with E-state index in [1.807, 2.05) is 42.8 Å². The van der Waals surface area contributed by atoms with Crippen LogP contribution >= 0.6 is 7.29 Å². The highest BCUT2D eigenvalue weighted by Gasteiger charge is 2.42. The summed E-state index contributed by atoms with van der Waals surface area (Å²) < 4.78 is 21.4. The van der Waals surface area contributed by atoms with Crippen molar-refractivity contribution in [3.8, 4) is 5.75 Å². The van der Waals surface area contributed by atoms with Gasteiger partial charge in [-0.15, -0.1) is 0 Å². The van der Waals surface area contributed by atoms with Crippen LogP contribution in [0.25, 0.3) is 0 Å². The van der Waals surface area contributed by atoms with E-state index in [1.54, 1.807) is 0 Å². The van der Waals surface area contributed by atoms with Gasteiger partial charge in [0.05, 0.1) is 13.0 Å². The first-order chi connectivity index (χ1) is 11.0.